The molecular weight excluding hydrogens is 171 g/mol. The molecule has 0 radical (unpaired) electrons. The maximum Gasteiger partial charge on any atom is 0.0320 e. The Balaban J connectivity index is 0. The van der Waals surface area contributed by atoms with Crippen LogP contribution in [-0.4, -0.2) is 37.6 Å². The molecule has 4 heteroatoms. The van der Waals surface area contributed by atoms with Gasteiger partial charge in [-0.15, -0.1) is 24.8 Å². The van der Waals surface area contributed by atoms with Crippen LogP contribution in [0.1, 0.15) is 6.92 Å². The lowest BCUT2D eigenvalue weighted by Crippen LogP contribution is -2.56. The second kappa shape index (κ2) is 6.23. The number of halogens is 2. The highest BCUT2D eigenvalue weighted by Gasteiger charge is 2.22. The minimum absolute atomic E-state index is 0. The Kier molecular flexibility index (Phi) is 8.17. The smallest absolute Gasteiger partial charge is 0.0320 e. The van der Waals surface area contributed by atoms with Crippen molar-refractivity contribution in [3.05, 3.63) is 0 Å². The third kappa shape index (κ3) is 3.06. The van der Waals surface area contributed by atoms with Crippen LogP contribution in [0.25, 0.3) is 0 Å². The minimum atomic E-state index is 0. The first-order chi connectivity index (χ1) is 3.86. The van der Waals surface area contributed by atoms with E-state index in [9.17, 15) is 0 Å². The van der Waals surface area contributed by atoms with Crippen molar-refractivity contribution in [3.8, 4) is 0 Å². The molecule has 0 unspecified atom stereocenters. The van der Waals surface area contributed by atoms with Crippen molar-refractivity contribution in [1.82, 2.24) is 10.2 Å². The van der Waals surface area contributed by atoms with Gasteiger partial charge in [0.15, 0.2) is 0 Å². The molecule has 1 N–H and O–H groups in total. The molecule has 0 aliphatic carbocycles. The molecule has 2 nitrogen and oxygen atoms in total. The second-order valence-electron chi connectivity index (χ2n) is 2.34. The standard InChI is InChI=1S/C6H14N2.2ClH/c1-3-8-4-6(5-8)7-2;;/h6-7H,3-5H2,1-2H3;2*1H. The van der Waals surface area contributed by atoms with Crippen molar-refractivity contribution in [1.29, 1.82) is 0 Å². The fourth-order valence-electron chi connectivity index (χ4n) is 1.01. The SMILES string of the molecule is CCN1CC(NC)C1.Cl.Cl. The molecule has 1 aliphatic rings. The fourth-order valence-corrected chi connectivity index (χ4v) is 1.01. The van der Waals surface area contributed by atoms with Crippen LogP contribution in [-0.2, 0) is 0 Å². The summed E-state index contributed by atoms with van der Waals surface area (Å²) in [6.45, 7) is 5.89. The van der Waals surface area contributed by atoms with Crippen LogP contribution >= 0.6 is 24.8 Å². The van der Waals surface area contributed by atoms with Crippen molar-refractivity contribution in [2.45, 2.75) is 13.0 Å². The molecular formula is C6H16Cl2N2. The summed E-state index contributed by atoms with van der Waals surface area (Å²) in [6.07, 6.45) is 0. The fraction of sp³-hybridized carbons (Fsp3) is 1.00. The van der Waals surface area contributed by atoms with Gasteiger partial charge < -0.3 is 10.2 Å². The van der Waals surface area contributed by atoms with E-state index in [4.69, 9.17) is 0 Å². The lowest BCUT2D eigenvalue weighted by molar-refractivity contribution is 0.140. The summed E-state index contributed by atoms with van der Waals surface area (Å²) in [5.41, 5.74) is 0. The zero-order chi connectivity index (χ0) is 5.98. The maximum absolute atomic E-state index is 3.22. The zero-order valence-corrected chi connectivity index (χ0v) is 8.10. The Hall–Kier alpha value is 0.500. The number of hydrogen-bond acceptors (Lipinski definition) is 2. The van der Waals surface area contributed by atoms with E-state index in [1.165, 1.54) is 19.6 Å². The van der Waals surface area contributed by atoms with E-state index in [0.29, 0.717) is 0 Å². The first-order valence-corrected chi connectivity index (χ1v) is 3.26. The molecule has 10 heavy (non-hydrogen) atoms. The van der Waals surface area contributed by atoms with E-state index in [0.717, 1.165) is 6.04 Å². The molecule has 64 valence electrons. The lowest BCUT2D eigenvalue weighted by atomic mass is 10.1. The summed E-state index contributed by atoms with van der Waals surface area (Å²) >= 11 is 0. The van der Waals surface area contributed by atoms with Gasteiger partial charge in [0.1, 0.15) is 0 Å². The van der Waals surface area contributed by atoms with Gasteiger partial charge in [-0.2, -0.15) is 0 Å². The van der Waals surface area contributed by atoms with E-state index in [2.05, 4.69) is 17.1 Å². The Morgan fingerprint density at radius 2 is 1.90 bits per heavy atom. The van der Waals surface area contributed by atoms with Crippen LogP contribution in [0.5, 0.6) is 0 Å². The van der Waals surface area contributed by atoms with Gasteiger partial charge in [-0.1, -0.05) is 6.92 Å². The largest absolute Gasteiger partial charge is 0.315 e. The number of rotatable bonds is 2. The molecule has 0 atom stereocenters. The monoisotopic (exact) mass is 186 g/mol. The summed E-state index contributed by atoms with van der Waals surface area (Å²) in [7, 11) is 2.03. The van der Waals surface area contributed by atoms with Crippen molar-refractivity contribution in [2.75, 3.05) is 26.7 Å². The summed E-state index contributed by atoms with van der Waals surface area (Å²) in [4.78, 5) is 2.42. The average Bonchev–Trinajstić information content (AvgIpc) is 1.65. The molecule has 0 aromatic heterocycles. The van der Waals surface area contributed by atoms with E-state index < -0.39 is 0 Å². The van der Waals surface area contributed by atoms with Crippen molar-refractivity contribution in [3.63, 3.8) is 0 Å². The van der Waals surface area contributed by atoms with Gasteiger partial charge in [0.2, 0.25) is 0 Å². The predicted molar refractivity (Wildman–Crippen MR) is 49.5 cm³/mol. The van der Waals surface area contributed by atoms with Gasteiger partial charge in [0.05, 0.1) is 0 Å². The van der Waals surface area contributed by atoms with Crippen molar-refractivity contribution in [2.24, 2.45) is 0 Å². The molecule has 0 saturated carbocycles. The van der Waals surface area contributed by atoms with Crippen LogP contribution < -0.4 is 5.32 Å². The maximum atomic E-state index is 3.22. The van der Waals surface area contributed by atoms with Gasteiger partial charge in [0, 0.05) is 19.1 Å². The molecule has 1 heterocycles. The first kappa shape index (κ1) is 13.1. The summed E-state index contributed by atoms with van der Waals surface area (Å²) < 4.78 is 0. The van der Waals surface area contributed by atoms with E-state index in [1.807, 2.05) is 7.05 Å². The number of nitrogens with one attached hydrogen (secondary N) is 1. The molecule has 1 aliphatic heterocycles. The molecule has 0 aromatic carbocycles. The van der Waals surface area contributed by atoms with Crippen molar-refractivity contribution < 1.29 is 0 Å². The Morgan fingerprint density at radius 3 is 2.20 bits per heavy atom. The number of nitrogens with zero attached hydrogens (tertiary/aromatic N) is 1. The van der Waals surface area contributed by atoms with Gasteiger partial charge in [-0.3, -0.25) is 0 Å². The van der Waals surface area contributed by atoms with Gasteiger partial charge in [-0.25, -0.2) is 0 Å². The van der Waals surface area contributed by atoms with Crippen molar-refractivity contribution >= 4 is 24.8 Å². The quantitative estimate of drug-likeness (QED) is 0.686. The van der Waals surface area contributed by atoms with Crippen LogP contribution in [0.2, 0.25) is 0 Å². The number of hydrogen-bond donors (Lipinski definition) is 1. The molecule has 0 amide bonds. The van der Waals surface area contributed by atoms with Gasteiger partial charge in [-0.05, 0) is 13.6 Å². The number of likely N-dealkylation sites (N-methyl/N-ethyl adjacent to an activating group) is 2. The highest BCUT2D eigenvalue weighted by atomic mass is 35.5. The molecule has 1 saturated heterocycles. The topological polar surface area (TPSA) is 15.3 Å². The highest BCUT2D eigenvalue weighted by Crippen LogP contribution is 2.04. The average molecular weight is 187 g/mol. The Morgan fingerprint density at radius 1 is 1.40 bits per heavy atom. The highest BCUT2D eigenvalue weighted by molar-refractivity contribution is 5.85. The molecule has 1 fully saturated rings. The molecule has 0 aromatic rings. The second-order valence-corrected chi connectivity index (χ2v) is 2.34. The predicted octanol–water partition coefficient (Wildman–Crippen LogP) is 0.753. The summed E-state index contributed by atoms with van der Waals surface area (Å²) in [6, 6.07) is 0.773. The first-order valence-electron chi connectivity index (χ1n) is 3.26. The lowest BCUT2D eigenvalue weighted by Gasteiger charge is -2.38. The van der Waals surface area contributed by atoms with E-state index in [1.54, 1.807) is 0 Å². The van der Waals surface area contributed by atoms with Crippen LogP contribution in [0.3, 0.4) is 0 Å². The van der Waals surface area contributed by atoms with E-state index >= 15 is 0 Å². The molecule has 1 rings (SSSR count). The van der Waals surface area contributed by atoms with Crippen LogP contribution in [0, 0.1) is 0 Å². The zero-order valence-electron chi connectivity index (χ0n) is 6.46. The minimum Gasteiger partial charge on any atom is -0.315 e. The summed E-state index contributed by atoms with van der Waals surface area (Å²) in [5.74, 6) is 0. The molecule has 0 spiro atoms. The van der Waals surface area contributed by atoms with Crippen LogP contribution in [0.4, 0.5) is 0 Å². The molecule has 0 bridgehead atoms. The van der Waals surface area contributed by atoms with Gasteiger partial charge in [0.25, 0.3) is 0 Å². The third-order valence-electron chi connectivity index (χ3n) is 1.81. The normalized spacial score (nSPS) is 18.6. The Bertz CT molecular complexity index is 66.1. The van der Waals surface area contributed by atoms with Crippen LogP contribution in [0.15, 0.2) is 0 Å². The number of likely N-dealkylation sites (tertiary alicyclic amines) is 1. The van der Waals surface area contributed by atoms with E-state index in [-0.39, 0.29) is 24.8 Å². The van der Waals surface area contributed by atoms with Gasteiger partial charge >= 0.3 is 0 Å². The Labute approximate surface area is 75.2 Å². The summed E-state index contributed by atoms with van der Waals surface area (Å²) in [5, 5.41) is 3.22. The third-order valence-corrected chi connectivity index (χ3v) is 1.81.